The van der Waals surface area contributed by atoms with Gasteiger partial charge in [0.05, 0.1) is 18.0 Å². The lowest BCUT2D eigenvalue weighted by atomic mass is 10.0. The maximum Gasteiger partial charge on any atom is 0.316 e. The molecular formula is C16H23N5O3S. The Morgan fingerprint density at radius 3 is 2.64 bits per heavy atom. The van der Waals surface area contributed by atoms with Crippen LogP contribution in [0, 0.1) is 19.8 Å². The van der Waals surface area contributed by atoms with Gasteiger partial charge in [0.1, 0.15) is 4.90 Å². The Hall–Kier alpha value is -2.00. The molecule has 2 aromatic rings. The SMILES string of the molecule is Cc1nn(C)c(C)c1S(=O)(=O)N1CCCC(COc2ncccn2)C1. The highest BCUT2D eigenvalue weighted by Gasteiger charge is 2.34. The number of piperidine rings is 1. The molecule has 0 N–H and O–H groups in total. The summed E-state index contributed by atoms with van der Waals surface area (Å²) in [4.78, 5) is 8.38. The summed E-state index contributed by atoms with van der Waals surface area (Å²) >= 11 is 0. The first kappa shape index (κ1) is 17.8. The van der Waals surface area contributed by atoms with Crippen molar-refractivity contribution in [3.05, 3.63) is 29.8 Å². The standard InChI is InChI=1S/C16H23N5O3S/c1-12-15(13(2)20(3)19-12)25(22,23)21-9-4-6-14(10-21)11-24-16-17-7-5-8-18-16/h5,7-8,14H,4,6,9-11H2,1-3H3. The minimum Gasteiger partial charge on any atom is -0.463 e. The Morgan fingerprint density at radius 1 is 1.28 bits per heavy atom. The minimum atomic E-state index is -3.56. The molecule has 8 nitrogen and oxygen atoms in total. The van der Waals surface area contributed by atoms with Crippen molar-refractivity contribution in [1.82, 2.24) is 24.1 Å². The van der Waals surface area contributed by atoms with Crippen molar-refractivity contribution in [2.24, 2.45) is 13.0 Å². The quantitative estimate of drug-likeness (QED) is 0.793. The molecule has 1 aliphatic heterocycles. The van der Waals surface area contributed by atoms with Gasteiger partial charge in [-0.15, -0.1) is 0 Å². The van der Waals surface area contributed by atoms with E-state index in [4.69, 9.17) is 4.74 Å². The number of sulfonamides is 1. The maximum atomic E-state index is 13.1. The number of hydrogen-bond acceptors (Lipinski definition) is 6. The fourth-order valence-electron chi connectivity index (χ4n) is 3.19. The predicted molar refractivity (Wildman–Crippen MR) is 91.7 cm³/mol. The number of hydrogen-bond donors (Lipinski definition) is 0. The Balaban J connectivity index is 1.72. The van der Waals surface area contributed by atoms with Gasteiger partial charge in [-0.05, 0) is 32.8 Å². The molecule has 1 saturated heterocycles. The highest BCUT2D eigenvalue weighted by atomic mass is 32.2. The molecule has 3 rings (SSSR count). The van der Waals surface area contributed by atoms with Gasteiger partial charge >= 0.3 is 6.01 Å². The van der Waals surface area contributed by atoms with E-state index in [1.807, 2.05) is 0 Å². The largest absolute Gasteiger partial charge is 0.463 e. The summed E-state index contributed by atoms with van der Waals surface area (Å²) in [5.41, 5.74) is 1.20. The minimum absolute atomic E-state index is 0.115. The van der Waals surface area contributed by atoms with Gasteiger partial charge < -0.3 is 4.74 Å². The monoisotopic (exact) mass is 365 g/mol. The molecule has 0 bridgehead atoms. The van der Waals surface area contributed by atoms with Crippen LogP contribution in [0.5, 0.6) is 6.01 Å². The molecule has 1 fully saturated rings. The van der Waals surface area contributed by atoms with E-state index in [-0.39, 0.29) is 5.92 Å². The molecule has 0 spiro atoms. The molecule has 1 atom stereocenters. The first-order valence-corrected chi connectivity index (χ1v) is 9.73. The zero-order valence-electron chi connectivity index (χ0n) is 14.7. The fourth-order valence-corrected chi connectivity index (χ4v) is 5.14. The van der Waals surface area contributed by atoms with Crippen molar-refractivity contribution < 1.29 is 13.2 Å². The first-order chi connectivity index (χ1) is 11.9. The third-order valence-electron chi connectivity index (χ3n) is 4.51. The van der Waals surface area contributed by atoms with E-state index in [0.717, 1.165) is 12.8 Å². The molecule has 0 radical (unpaired) electrons. The molecule has 25 heavy (non-hydrogen) atoms. The van der Waals surface area contributed by atoms with Crippen LogP contribution in [0.4, 0.5) is 0 Å². The summed E-state index contributed by atoms with van der Waals surface area (Å²) in [6.45, 7) is 4.87. The van der Waals surface area contributed by atoms with E-state index in [1.165, 1.54) is 0 Å². The third kappa shape index (κ3) is 3.67. The fraction of sp³-hybridized carbons (Fsp3) is 0.562. The van der Waals surface area contributed by atoms with Crippen molar-refractivity contribution in [2.75, 3.05) is 19.7 Å². The third-order valence-corrected chi connectivity index (χ3v) is 6.63. The second-order valence-electron chi connectivity index (χ2n) is 6.34. The first-order valence-electron chi connectivity index (χ1n) is 8.29. The smallest absolute Gasteiger partial charge is 0.316 e. The van der Waals surface area contributed by atoms with Gasteiger partial charge in [-0.2, -0.15) is 9.40 Å². The normalized spacial score (nSPS) is 19.1. The van der Waals surface area contributed by atoms with Crippen molar-refractivity contribution >= 4 is 10.0 Å². The van der Waals surface area contributed by atoms with Gasteiger partial charge in [0, 0.05) is 38.4 Å². The summed E-state index contributed by atoms with van der Waals surface area (Å²) in [7, 11) is -1.80. The second kappa shape index (κ2) is 7.09. The molecule has 9 heteroatoms. The predicted octanol–water partition coefficient (Wildman–Crippen LogP) is 1.31. The Kier molecular flexibility index (Phi) is 5.05. The Bertz CT molecular complexity index is 835. The molecule has 2 aromatic heterocycles. The summed E-state index contributed by atoms with van der Waals surface area (Å²) in [6.07, 6.45) is 4.97. The van der Waals surface area contributed by atoms with E-state index in [2.05, 4.69) is 15.1 Å². The van der Waals surface area contributed by atoms with Crippen LogP contribution in [0.25, 0.3) is 0 Å². The van der Waals surface area contributed by atoms with Gasteiger partial charge in [0.2, 0.25) is 10.0 Å². The molecule has 0 aliphatic carbocycles. The van der Waals surface area contributed by atoms with Crippen LogP contribution in [0.3, 0.4) is 0 Å². The molecule has 0 saturated carbocycles. The number of aryl methyl sites for hydroxylation is 2. The van der Waals surface area contributed by atoms with Crippen molar-refractivity contribution in [1.29, 1.82) is 0 Å². The van der Waals surface area contributed by atoms with E-state index >= 15 is 0 Å². The van der Waals surface area contributed by atoms with E-state index in [0.29, 0.717) is 42.0 Å². The van der Waals surface area contributed by atoms with Crippen LogP contribution >= 0.6 is 0 Å². The van der Waals surface area contributed by atoms with Gasteiger partial charge in [0.15, 0.2) is 0 Å². The second-order valence-corrected chi connectivity index (χ2v) is 8.21. The lowest BCUT2D eigenvalue weighted by molar-refractivity contribution is 0.171. The summed E-state index contributed by atoms with van der Waals surface area (Å²) in [5, 5.41) is 4.24. The lowest BCUT2D eigenvalue weighted by Crippen LogP contribution is -2.41. The van der Waals surface area contributed by atoms with Crippen LogP contribution < -0.4 is 4.74 Å². The molecule has 1 aliphatic rings. The van der Waals surface area contributed by atoms with Gasteiger partial charge in [-0.25, -0.2) is 18.4 Å². The summed E-state index contributed by atoms with van der Waals surface area (Å²) in [5.74, 6) is 0.115. The van der Waals surface area contributed by atoms with Crippen LogP contribution in [-0.2, 0) is 17.1 Å². The Morgan fingerprint density at radius 2 is 2.00 bits per heavy atom. The number of ether oxygens (including phenoxy) is 1. The summed E-state index contributed by atoms with van der Waals surface area (Å²) < 4.78 is 34.9. The molecule has 3 heterocycles. The number of aromatic nitrogens is 4. The number of rotatable bonds is 5. The molecular weight excluding hydrogens is 342 g/mol. The zero-order valence-corrected chi connectivity index (χ0v) is 15.5. The van der Waals surface area contributed by atoms with E-state index < -0.39 is 10.0 Å². The average Bonchev–Trinajstić information content (AvgIpc) is 2.87. The van der Waals surface area contributed by atoms with Crippen molar-refractivity contribution in [2.45, 2.75) is 31.6 Å². The molecule has 0 aromatic carbocycles. The molecule has 1 unspecified atom stereocenters. The zero-order chi connectivity index (χ0) is 18.0. The highest BCUT2D eigenvalue weighted by molar-refractivity contribution is 7.89. The Labute approximate surface area is 147 Å². The lowest BCUT2D eigenvalue weighted by Gasteiger charge is -2.31. The van der Waals surface area contributed by atoms with Crippen LogP contribution in [0.15, 0.2) is 23.4 Å². The molecule has 136 valence electrons. The van der Waals surface area contributed by atoms with Gasteiger partial charge in [0.25, 0.3) is 0 Å². The molecule has 0 amide bonds. The number of nitrogens with zero attached hydrogens (tertiary/aromatic N) is 5. The van der Waals surface area contributed by atoms with E-state index in [1.54, 1.807) is 48.3 Å². The highest BCUT2D eigenvalue weighted by Crippen LogP contribution is 2.27. The van der Waals surface area contributed by atoms with Crippen LogP contribution in [0.1, 0.15) is 24.2 Å². The average molecular weight is 365 g/mol. The van der Waals surface area contributed by atoms with Gasteiger partial charge in [-0.3, -0.25) is 4.68 Å². The summed E-state index contributed by atoms with van der Waals surface area (Å²) in [6, 6.07) is 2.04. The van der Waals surface area contributed by atoms with E-state index in [9.17, 15) is 8.42 Å². The van der Waals surface area contributed by atoms with Crippen molar-refractivity contribution in [3.63, 3.8) is 0 Å². The van der Waals surface area contributed by atoms with Crippen LogP contribution in [-0.4, -0.2) is 52.2 Å². The topological polar surface area (TPSA) is 90.2 Å². The van der Waals surface area contributed by atoms with Crippen molar-refractivity contribution in [3.8, 4) is 6.01 Å². The maximum absolute atomic E-state index is 13.1. The van der Waals surface area contributed by atoms with Gasteiger partial charge in [-0.1, -0.05) is 0 Å². The van der Waals surface area contributed by atoms with Crippen LogP contribution in [0.2, 0.25) is 0 Å².